The molecule has 1 aromatic carbocycles. The van der Waals surface area contributed by atoms with Gasteiger partial charge in [-0.3, -0.25) is 0 Å². The van der Waals surface area contributed by atoms with Crippen molar-refractivity contribution >= 4 is 23.2 Å². The number of hydrogen-bond donors (Lipinski definition) is 2. The molecule has 0 heterocycles. The van der Waals surface area contributed by atoms with Crippen molar-refractivity contribution in [2.45, 2.75) is 26.3 Å². The summed E-state index contributed by atoms with van der Waals surface area (Å²) >= 11 is 11.7. The van der Waals surface area contributed by atoms with Crippen LogP contribution in [0.25, 0.3) is 0 Å². The summed E-state index contributed by atoms with van der Waals surface area (Å²) in [5.41, 5.74) is 6.54. The maximum atomic E-state index is 9.71. The third-order valence-corrected chi connectivity index (χ3v) is 2.70. The number of phenols is 1. The van der Waals surface area contributed by atoms with Crippen molar-refractivity contribution < 1.29 is 5.11 Å². The van der Waals surface area contributed by atoms with Crippen molar-refractivity contribution in [1.29, 1.82) is 0 Å². The minimum Gasteiger partial charge on any atom is -0.508 e. The van der Waals surface area contributed by atoms with Crippen LogP contribution in [0.15, 0.2) is 12.1 Å². The molecular weight excluding hydrogens is 233 g/mol. The zero-order valence-corrected chi connectivity index (χ0v) is 10.3. The van der Waals surface area contributed by atoms with Gasteiger partial charge in [-0.05, 0) is 24.5 Å². The Morgan fingerprint density at radius 3 is 2.40 bits per heavy atom. The Morgan fingerprint density at radius 1 is 1.33 bits per heavy atom. The van der Waals surface area contributed by atoms with Gasteiger partial charge in [-0.15, -0.1) is 0 Å². The van der Waals surface area contributed by atoms with Crippen molar-refractivity contribution in [1.82, 2.24) is 0 Å². The normalized spacial score (nSPS) is 13.2. The summed E-state index contributed by atoms with van der Waals surface area (Å²) in [7, 11) is 0. The van der Waals surface area contributed by atoms with Crippen LogP contribution in [0.5, 0.6) is 5.75 Å². The summed E-state index contributed by atoms with van der Waals surface area (Å²) in [6.07, 6.45) is 0.773. The highest BCUT2D eigenvalue weighted by Gasteiger charge is 2.16. The molecule has 0 aliphatic carbocycles. The van der Waals surface area contributed by atoms with Gasteiger partial charge in [0.2, 0.25) is 0 Å². The fourth-order valence-electron chi connectivity index (χ4n) is 1.56. The van der Waals surface area contributed by atoms with E-state index >= 15 is 0 Å². The highest BCUT2D eigenvalue weighted by Crippen LogP contribution is 2.35. The first-order valence-corrected chi connectivity index (χ1v) is 5.61. The first-order chi connectivity index (χ1) is 6.91. The van der Waals surface area contributed by atoms with Crippen LogP contribution in [0.1, 0.15) is 31.9 Å². The Morgan fingerprint density at radius 2 is 1.93 bits per heavy atom. The van der Waals surface area contributed by atoms with Crippen LogP contribution in [0.4, 0.5) is 0 Å². The van der Waals surface area contributed by atoms with Gasteiger partial charge in [-0.2, -0.15) is 0 Å². The van der Waals surface area contributed by atoms with E-state index in [1.54, 1.807) is 6.07 Å². The Bertz CT molecular complexity index is 329. The van der Waals surface area contributed by atoms with Crippen molar-refractivity contribution in [3.05, 3.63) is 27.7 Å². The predicted octanol–water partition coefficient (Wildman–Crippen LogP) is 3.74. The maximum Gasteiger partial charge on any atom is 0.123 e. The molecule has 0 unspecified atom stereocenters. The average molecular weight is 248 g/mol. The monoisotopic (exact) mass is 247 g/mol. The van der Waals surface area contributed by atoms with Crippen LogP contribution >= 0.6 is 23.2 Å². The van der Waals surface area contributed by atoms with E-state index in [4.69, 9.17) is 28.9 Å². The highest BCUT2D eigenvalue weighted by molar-refractivity contribution is 6.35. The lowest BCUT2D eigenvalue weighted by Gasteiger charge is -2.17. The van der Waals surface area contributed by atoms with Gasteiger partial charge in [-0.1, -0.05) is 37.0 Å². The molecule has 0 spiro atoms. The van der Waals surface area contributed by atoms with E-state index in [1.807, 2.05) is 0 Å². The van der Waals surface area contributed by atoms with E-state index in [0.29, 0.717) is 21.5 Å². The second-order valence-electron chi connectivity index (χ2n) is 4.06. The SMILES string of the molecule is CC(C)C[C@@H](N)c1c(O)cc(Cl)cc1Cl. The van der Waals surface area contributed by atoms with Crippen LogP contribution < -0.4 is 5.73 Å². The summed E-state index contributed by atoms with van der Waals surface area (Å²) < 4.78 is 0. The van der Waals surface area contributed by atoms with Crippen LogP contribution in [0.2, 0.25) is 10.0 Å². The van der Waals surface area contributed by atoms with E-state index < -0.39 is 0 Å². The number of benzene rings is 1. The highest BCUT2D eigenvalue weighted by atomic mass is 35.5. The summed E-state index contributed by atoms with van der Waals surface area (Å²) in [4.78, 5) is 0. The zero-order chi connectivity index (χ0) is 11.6. The number of aromatic hydroxyl groups is 1. The molecule has 0 aromatic heterocycles. The average Bonchev–Trinajstić information content (AvgIpc) is 1.99. The van der Waals surface area contributed by atoms with E-state index in [0.717, 1.165) is 6.42 Å². The van der Waals surface area contributed by atoms with Gasteiger partial charge in [-0.25, -0.2) is 0 Å². The minimum absolute atomic E-state index is 0.0700. The van der Waals surface area contributed by atoms with Gasteiger partial charge in [0.15, 0.2) is 0 Å². The molecule has 0 radical (unpaired) electrons. The summed E-state index contributed by atoms with van der Waals surface area (Å²) in [6.45, 7) is 4.14. The summed E-state index contributed by atoms with van der Waals surface area (Å²) in [6, 6.07) is 2.80. The molecule has 3 N–H and O–H groups in total. The van der Waals surface area contributed by atoms with Crippen molar-refractivity contribution in [2.24, 2.45) is 11.7 Å². The molecular formula is C11H15Cl2NO. The molecule has 0 aliphatic rings. The lowest BCUT2D eigenvalue weighted by molar-refractivity contribution is 0.445. The quantitative estimate of drug-likeness (QED) is 0.855. The van der Waals surface area contributed by atoms with E-state index in [2.05, 4.69) is 13.8 Å². The first-order valence-electron chi connectivity index (χ1n) is 4.85. The van der Waals surface area contributed by atoms with E-state index in [-0.39, 0.29) is 11.8 Å². The van der Waals surface area contributed by atoms with Gasteiger partial charge in [0.1, 0.15) is 5.75 Å². The molecule has 15 heavy (non-hydrogen) atoms. The molecule has 0 fully saturated rings. The number of rotatable bonds is 3. The molecule has 0 saturated heterocycles. The molecule has 4 heteroatoms. The molecule has 0 bridgehead atoms. The second kappa shape index (κ2) is 5.06. The lowest BCUT2D eigenvalue weighted by Crippen LogP contribution is -2.13. The van der Waals surface area contributed by atoms with Crippen LogP contribution in [-0.2, 0) is 0 Å². The third kappa shape index (κ3) is 3.26. The minimum atomic E-state index is -0.255. The Hall–Kier alpha value is -0.440. The predicted molar refractivity (Wildman–Crippen MR) is 64.5 cm³/mol. The number of hydrogen-bond acceptors (Lipinski definition) is 2. The Labute approximate surface area is 100.0 Å². The van der Waals surface area contributed by atoms with Gasteiger partial charge < -0.3 is 10.8 Å². The van der Waals surface area contributed by atoms with Gasteiger partial charge >= 0.3 is 0 Å². The van der Waals surface area contributed by atoms with Crippen LogP contribution in [-0.4, -0.2) is 5.11 Å². The van der Waals surface area contributed by atoms with Gasteiger partial charge in [0.05, 0.1) is 5.02 Å². The first kappa shape index (κ1) is 12.6. The third-order valence-electron chi connectivity index (χ3n) is 2.17. The number of nitrogens with two attached hydrogens (primary N) is 1. The summed E-state index contributed by atoms with van der Waals surface area (Å²) in [5.74, 6) is 0.520. The smallest absolute Gasteiger partial charge is 0.123 e. The molecule has 0 amide bonds. The molecule has 2 nitrogen and oxygen atoms in total. The largest absolute Gasteiger partial charge is 0.508 e. The number of phenolic OH excluding ortho intramolecular Hbond substituents is 1. The molecule has 84 valence electrons. The van der Waals surface area contributed by atoms with Gasteiger partial charge in [0.25, 0.3) is 0 Å². The molecule has 1 aromatic rings. The van der Waals surface area contributed by atoms with Crippen molar-refractivity contribution in [2.75, 3.05) is 0 Å². The Balaban J connectivity index is 3.03. The van der Waals surface area contributed by atoms with E-state index in [1.165, 1.54) is 6.07 Å². The second-order valence-corrected chi connectivity index (χ2v) is 4.90. The van der Waals surface area contributed by atoms with Crippen LogP contribution in [0.3, 0.4) is 0 Å². The summed E-state index contributed by atoms with van der Waals surface area (Å²) in [5, 5.41) is 10.5. The maximum absolute atomic E-state index is 9.71. The Kier molecular flexibility index (Phi) is 4.26. The fourth-order valence-corrected chi connectivity index (χ4v) is 2.19. The lowest BCUT2D eigenvalue weighted by atomic mass is 9.97. The van der Waals surface area contributed by atoms with Crippen molar-refractivity contribution in [3.8, 4) is 5.75 Å². The van der Waals surface area contributed by atoms with Gasteiger partial charge in [0, 0.05) is 16.6 Å². The standard InChI is InChI=1S/C11H15Cl2NO/c1-6(2)3-9(14)11-8(13)4-7(12)5-10(11)15/h4-6,9,15H,3,14H2,1-2H3/t9-/m1/s1. The molecule has 0 saturated carbocycles. The molecule has 0 aliphatic heterocycles. The topological polar surface area (TPSA) is 46.2 Å². The van der Waals surface area contributed by atoms with Crippen molar-refractivity contribution in [3.63, 3.8) is 0 Å². The van der Waals surface area contributed by atoms with E-state index in [9.17, 15) is 5.11 Å². The number of halogens is 2. The fraction of sp³-hybridized carbons (Fsp3) is 0.455. The molecule has 1 rings (SSSR count). The zero-order valence-electron chi connectivity index (χ0n) is 8.80. The molecule has 1 atom stereocenters. The van der Waals surface area contributed by atoms with Crippen LogP contribution in [0, 0.1) is 5.92 Å².